The summed E-state index contributed by atoms with van der Waals surface area (Å²) in [5.74, 6) is -1.60. The molecule has 2 aliphatic heterocycles. The lowest BCUT2D eigenvalue weighted by Gasteiger charge is -2.25. The molecule has 8 heteroatoms. The lowest BCUT2D eigenvalue weighted by Crippen LogP contribution is -2.33. The quantitative estimate of drug-likeness (QED) is 0.293. The fourth-order valence-electron chi connectivity index (χ4n) is 4.32. The number of hydrogen-bond acceptors (Lipinski definition) is 5. The Morgan fingerprint density at radius 2 is 1.94 bits per heavy atom. The van der Waals surface area contributed by atoms with Gasteiger partial charge in [0.2, 0.25) is 0 Å². The van der Waals surface area contributed by atoms with Crippen LogP contribution >= 0.6 is 0 Å². The number of ether oxygens (including phenoxy) is 3. The molecule has 1 unspecified atom stereocenters. The Morgan fingerprint density at radius 3 is 2.58 bits per heavy atom. The standard InChI is InChI=1S/C23H23F3O5/c1-12-5-4-10-22(3)19(31-22)18-16(13(2)20(27)30-18)11-17(12)29-21(28)14-6-8-15(9-7-14)23(24,25)26/h5-9,16-19H,2,4,10-11H2,1,3H3/t16-,17?,18-,19+,22+/m0/s1. The van der Waals surface area contributed by atoms with Gasteiger partial charge in [0.25, 0.3) is 0 Å². The maximum Gasteiger partial charge on any atom is 0.416 e. The zero-order valence-electron chi connectivity index (χ0n) is 17.2. The van der Waals surface area contributed by atoms with Crippen LogP contribution in [0.15, 0.2) is 48.1 Å². The van der Waals surface area contributed by atoms with E-state index in [-0.39, 0.29) is 29.6 Å². The van der Waals surface area contributed by atoms with Gasteiger partial charge in [0.05, 0.1) is 16.7 Å². The first-order valence-corrected chi connectivity index (χ1v) is 10.1. The summed E-state index contributed by atoms with van der Waals surface area (Å²) in [5, 5.41) is 0. The second-order valence-electron chi connectivity index (χ2n) is 8.54. The minimum absolute atomic E-state index is 0.0186. The molecule has 0 bridgehead atoms. The molecule has 2 heterocycles. The number of alkyl halides is 3. The number of carbonyl (C=O) groups excluding carboxylic acids is 2. The molecular formula is C23H23F3O5. The molecule has 1 aromatic rings. The van der Waals surface area contributed by atoms with Crippen LogP contribution in [0.2, 0.25) is 0 Å². The molecule has 0 N–H and O–H groups in total. The third-order valence-electron chi connectivity index (χ3n) is 6.37. The van der Waals surface area contributed by atoms with Gasteiger partial charge in [-0.05, 0) is 62.9 Å². The van der Waals surface area contributed by atoms with Crippen LogP contribution in [0.1, 0.15) is 49.0 Å². The molecule has 2 fully saturated rings. The Balaban J connectivity index is 1.56. The van der Waals surface area contributed by atoms with Crippen LogP contribution in [0.4, 0.5) is 13.2 Å². The third-order valence-corrected chi connectivity index (χ3v) is 6.37. The predicted octanol–water partition coefficient (Wildman–Crippen LogP) is 4.62. The van der Waals surface area contributed by atoms with Crippen molar-refractivity contribution < 1.29 is 37.0 Å². The molecule has 0 saturated carbocycles. The van der Waals surface area contributed by atoms with E-state index in [1.807, 2.05) is 19.9 Å². The minimum atomic E-state index is -4.48. The minimum Gasteiger partial charge on any atom is -0.455 e. The number of benzene rings is 1. The molecule has 166 valence electrons. The van der Waals surface area contributed by atoms with E-state index in [4.69, 9.17) is 14.2 Å². The van der Waals surface area contributed by atoms with Gasteiger partial charge in [-0.2, -0.15) is 13.2 Å². The second-order valence-corrected chi connectivity index (χ2v) is 8.54. The highest BCUT2D eigenvalue weighted by Crippen LogP contribution is 2.50. The number of halogens is 3. The van der Waals surface area contributed by atoms with E-state index in [2.05, 4.69) is 6.58 Å². The summed E-state index contributed by atoms with van der Waals surface area (Å²) in [6.45, 7) is 7.67. The highest BCUT2D eigenvalue weighted by atomic mass is 19.4. The molecule has 0 amide bonds. The van der Waals surface area contributed by atoms with Crippen molar-refractivity contribution in [2.24, 2.45) is 5.92 Å². The van der Waals surface area contributed by atoms with Crippen LogP contribution in [0.25, 0.3) is 0 Å². The highest BCUT2D eigenvalue weighted by molar-refractivity contribution is 5.91. The lowest BCUT2D eigenvalue weighted by molar-refractivity contribution is -0.140. The molecule has 5 nitrogen and oxygen atoms in total. The smallest absolute Gasteiger partial charge is 0.416 e. The second kappa shape index (κ2) is 7.51. The van der Waals surface area contributed by atoms with Gasteiger partial charge in [0, 0.05) is 11.5 Å². The Morgan fingerprint density at radius 1 is 1.26 bits per heavy atom. The van der Waals surface area contributed by atoms with E-state index >= 15 is 0 Å². The van der Waals surface area contributed by atoms with Gasteiger partial charge in [-0.25, -0.2) is 9.59 Å². The summed E-state index contributed by atoms with van der Waals surface area (Å²) in [6, 6.07) is 3.88. The van der Waals surface area contributed by atoms with E-state index < -0.39 is 35.9 Å². The summed E-state index contributed by atoms with van der Waals surface area (Å²) in [4.78, 5) is 24.8. The topological polar surface area (TPSA) is 65.1 Å². The average molecular weight is 436 g/mol. The van der Waals surface area contributed by atoms with Gasteiger partial charge >= 0.3 is 18.1 Å². The number of fused-ring (bicyclic) bond motifs is 3. The number of hydrogen-bond donors (Lipinski definition) is 0. The first kappa shape index (κ1) is 21.6. The van der Waals surface area contributed by atoms with E-state index in [9.17, 15) is 22.8 Å². The Labute approximate surface area is 177 Å². The van der Waals surface area contributed by atoms with Crippen LogP contribution in [-0.2, 0) is 25.2 Å². The summed E-state index contributed by atoms with van der Waals surface area (Å²) < 4.78 is 55.4. The van der Waals surface area contributed by atoms with Gasteiger partial charge in [0.1, 0.15) is 18.3 Å². The molecule has 1 aliphatic carbocycles. The van der Waals surface area contributed by atoms with Gasteiger partial charge in [-0.15, -0.1) is 0 Å². The maximum atomic E-state index is 12.8. The van der Waals surface area contributed by atoms with Crippen LogP contribution in [0.5, 0.6) is 0 Å². The molecule has 1 aromatic carbocycles. The summed E-state index contributed by atoms with van der Waals surface area (Å²) >= 11 is 0. The third kappa shape index (κ3) is 4.13. The predicted molar refractivity (Wildman–Crippen MR) is 104 cm³/mol. The molecular weight excluding hydrogens is 413 g/mol. The largest absolute Gasteiger partial charge is 0.455 e. The monoisotopic (exact) mass is 436 g/mol. The Hall–Kier alpha value is -2.61. The zero-order chi connectivity index (χ0) is 22.6. The number of allylic oxidation sites excluding steroid dienone is 1. The number of rotatable bonds is 2. The van der Waals surface area contributed by atoms with Crippen molar-refractivity contribution in [3.05, 3.63) is 59.2 Å². The molecule has 4 rings (SSSR count). The van der Waals surface area contributed by atoms with Crippen molar-refractivity contribution >= 4 is 11.9 Å². The van der Waals surface area contributed by atoms with Crippen molar-refractivity contribution in [1.29, 1.82) is 0 Å². The van der Waals surface area contributed by atoms with Crippen molar-refractivity contribution in [2.45, 2.75) is 63.2 Å². The van der Waals surface area contributed by atoms with E-state index in [1.165, 1.54) is 0 Å². The lowest BCUT2D eigenvalue weighted by atomic mass is 9.83. The SMILES string of the molecule is C=C1C(=O)O[C@@H]2[C@H]3O[C@]3(C)CCC=C(C)C(OC(=O)c3ccc(C(F)(F)F)cc3)C[C@@H]12. The van der Waals surface area contributed by atoms with Gasteiger partial charge in [-0.3, -0.25) is 0 Å². The molecule has 31 heavy (non-hydrogen) atoms. The fourth-order valence-corrected chi connectivity index (χ4v) is 4.32. The summed E-state index contributed by atoms with van der Waals surface area (Å²) in [7, 11) is 0. The van der Waals surface area contributed by atoms with Crippen molar-refractivity contribution in [3.63, 3.8) is 0 Å². The van der Waals surface area contributed by atoms with Gasteiger partial charge in [-0.1, -0.05) is 12.7 Å². The first-order valence-electron chi connectivity index (χ1n) is 10.1. The number of esters is 2. The van der Waals surface area contributed by atoms with Crippen LogP contribution in [0, 0.1) is 5.92 Å². The van der Waals surface area contributed by atoms with Crippen LogP contribution in [0.3, 0.4) is 0 Å². The van der Waals surface area contributed by atoms with Crippen molar-refractivity contribution in [1.82, 2.24) is 0 Å². The zero-order valence-corrected chi connectivity index (χ0v) is 17.2. The Kier molecular flexibility index (Phi) is 5.24. The molecule has 5 atom stereocenters. The normalized spacial score (nSPS) is 33.0. The molecule has 0 aromatic heterocycles. The van der Waals surface area contributed by atoms with E-state index in [1.54, 1.807) is 0 Å². The van der Waals surface area contributed by atoms with Gasteiger partial charge in [0.15, 0.2) is 0 Å². The first-order chi connectivity index (χ1) is 14.5. The molecule has 0 spiro atoms. The van der Waals surface area contributed by atoms with Crippen LogP contribution in [-0.4, -0.2) is 35.9 Å². The van der Waals surface area contributed by atoms with Crippen molar-refractivity contribution in [2.75, 3.05) is 0 Å². The van der Waals surface area contributed by atoms with Crippen molar-refractivity contribution in [3.8, 4) is 0 Å². The van der Waals surface area contributed by atoms with Gasteiger partial charge < -0.3 is 14.2 Å². The summed E-state index contributed by atoms with van der Waals surface area (Å²) in [5.41, 5.74) is -0.0771. The molecule has 3 aliphatic rings. The maximum absolute atomic E-state index is 12.8. The van der Waals surface area contributed by atoms with E-state index in [0.29, 0.717) is 12.0 Å². The van der Waals surface area contributed by atoms with Crippen LogP contribution < -0.4 is 0 Å². The Bertz CT molecular complexity index is 949. The number of carbonyl (C=O) groups is 2. The fraction of sp³-hybridized carbons (Fsp3) is 0.478. The highest BCUT2D eigenvalue weighted by Gasteiger charge is 2.61. The molecule has 0 radical (unpaired) electrons. The number of epoxide rings is 1. The average Bonchev–Trinajstić information content (AvgIpc) is 3.30. The van der Waals surface area contributed by atoms with E-state index in [0.717, 1.165) is 36.3 Å². The molecule has 2 saturated heterocycles. The summed E-state index contributed by atoms with van der Waals surface area (Å²) in [6.07, 6.45) is -2.23.